The van der Waals surface area contributed by atoms with E-state index in [-0.39, 0.29) is 24.0 Å². The van der Waals surface area contributed by atoms with Crippen molar-refractivity contribution in [1.29, 1.82) is 0 Å². The predicted octanol–water partition coefficient (Wildman–Crippen LogP) is 2.97. The third-order valence-corrected chi connectivity index (χ3v) is 2.53. The predicted molar refractivity (Wildman–Crippen MR) is 74.1 cm³/mol. The van der Waals surface area contributed by atoms with E-state index in [9.17, 15) is 0 Å². The van der Waals surface area contributed by atoms with Crippen LogP contribution in [-0.2, 0) is 0 Å². The largest absolute Gasteiger partial charge is 0.308 e. The SMILES string of the molecule is C1=CN2C=NCC=C2c2ccccc21.I. The lowest BCUT2D eigenvalue weighted by molar-refractivity contribution is 0.789. The maximum absolute atomic E-state index is 4.21. The molecule has 0 aromatic heterocycles. The van der Waals surface area contributed by atoms with Gasteiger partial charge in [-0.05, 0) is 17.7 Å². The molecule has 0 N–H and O–H groups in total. The molecule has 0 bridgehead atoms. The van der Waals surface area contributed by atoms with Crippen LogP contribution < -0.4 is 0 Å². The van der Waals surface area contributed by atoms with E-state index in [0.29, 0.717) is 0 Å². The van der Waals surface area contributed by atoms with Gasteiger partial charge in [0.25, 0.3) is 0 Å². The minimum Gasteiger partial charge on any atom is -0.308 e. The second-order valence-electron chi connectivity index (χ2n) is 3.38. The van der Waals surface area contributed by atoms with Crippen molar-refractivity contribution in [3.63, 3.8) is 0 Å². The Morgan fingerprint density at radius 2 is 2.07 bits per heavy atom. The number of fused-ring (bicyclic) bond motifs is 3. The summed E-state index contributed by atoms with van der Waals surface area (Å²) >= 11 is 0. The molecule has 2 nitrogen and oxygen atoms in total. The Balaban J connectivity index is 0.000000853. The van der Waals surface area contributed by atoms with Crippen LogP contribution >= 0.6 is 24.0 Å². The van der Waals surface area contributed by atoms with Gasteiger partial charge in [-0.15, -0.1) is 24.0 Å². The molecule has 2 aliphatic rings. The Morgan fingerprint density at radius 1 is 1.20 bits per heavy atom. The molecule has 2 heterocycles. The topological polar surface area (TPSA) is 15.6 Å². The molecule has 1 aromatic carbocycles. The number of aliphatic imine (C=N–C) groups is 1. The van der Waals surface area contributed by atoms with Gasteiger partial charge in [0.05, 0.1) is 18.6 Å². The lowest BCUT2D eigenvalue weighted by Crippen LogP contribution is -2.20. The average molecular weight is 310 g/mol. The van der Waals surface area contributed by atoms with Crippen LogP contribution in [0.15, 0.2) is 41.5 Å². The highest BCUT2D eigenvalue weighted by Gasteiger charge is 2.16. The van der Waals surface area contributed by atoms with Gasteiger partial charge >= 0.3 is 0 Å². The second-order valence-corrected chi connectivity index (χ2v) is 3.38. The summed E-state index contributed by atoms with van der Waals surface area (Å²) in [5, 5.41) is 0. The minimum absolute atomic E-state index is 0. The van der Waals surface area contributed by atoms with Crippen LogP contribution in [0.4, 0.5) is 0 Å². The van der Waals surface area contributed by atoms with Crippen LogP contribution in [0.3, 0.4) is 0 Å². The first-order valence-electron chi connectivity index (χ1n) is 4.71. The second kappa shape index (κ2) is 4.18. The molecule has 0 atom stereocenters. The maximum Gasteiger partial charge on any atom is 0.0939 e. The Labute approximate surface area is 106 Å². The molecule has 0 saturated carbocycles. The van der Waals surface area contributed by atoms with Gasteiger partial charge < -0.3 is 4.90 Å². The van der Waals surface area contributed by atoms with Gasteiger partial charge in [-0.25, -0.2) is 0 Å². The molecule has 0 amide bonds. The highest BCUT2D eigenvalue weighted by atomic mass is 127. The first-order chi connectivity index (χ1) is 6.95. The fraction of sp³-hybridized carbons (Fsp3) is 0.0833. The van der Waals surface area contributed by atoms with Crippen LogP contribution in [0.1, 0.15) is 11.1 Å². The van der Waals surface area contributed by atoms with Gasteiger partial charge in [0.15, 0.2) is 0 Å². The van der Waals surface area contributed by atoms with E-state index >= 15 is 0 Å². The summed E-state index contributed by atoms with van der Waals surface area (Å²) in [6, 6.07) is 8.42. The molecule has 0 unspecified atom stereocenters. The molecule has 0 saturated heterocycles. The Bertz CT molecular complexity index is 460. The van der Waals surface area contributed by atoms with Crippen molar-refractivity contribution in [1.82, 2.24) is 4.90 Å². The third kappa shape index (κ3) is 1.71. The van der Waals surface area contributed by atoms with Crippen molar-refractivity contribution in [2.45, 2.75) is 0 Å². The molecule has 0 radical (unpaired) electrons. The van der Waals surface area contributed by atoms with E-state index in [2.05, 4.69) is 52.5 Å². The van der Waals surface area contributed by atoms with Crippen LogP contribution in [-0.4, -0.2) is 17.8 Å². The number of hydrogen-bond donors (Lipinski definition) is 0. The van der Waals surface area contributed by atoms with E-state index < -0.39 is 0 Å². The van der Waals surface area contributed by atoms with E-state index in [1.54, 1.807) is 0 Å². The molecule has 76 valence electrons. The Morgan fingerprint density at radius 3 is 3.00 bits per heavy atom. The summed E-state index contributed by atoms with van der Waals surface area (Å²) in [6.07, 6.45) is 8.20. The zero-order chi connectivity index (χ0) is 9.38. The molecule has 0 aliphatic carbocycles. The molecule has 2 aliphatic heterocycles. The highest BCUT2D eigenvalue weighted by Crippen LogP contribution is 2.29. The molecule has 0 spiro atoms. The van der Waals surface area contributed by atoms with Crippen molar-refractivity contribution >= 4 is 42.1 Å². The summed E-state index contributed by atoms with van der Waals surface area (Å²) in [5.74, 6) is 0. The van der Waals surface area contributed by atoms with Crippen molar-refractivity contribution in [3.8, 4) is 0 Å². The normalized spacial score (nSPS) is 16.3. The Hall–Kier alpha value is -1.10. The fourth-order valence-corrected chi connectivity index (χ4v) is 1.85. The first-order valence-corrected chi connectivity index (χ1v) is 4.71. The van der Waals surface area contributed by atoms with Crippen molar-refractivity contribution in [3.05, 3.63) is 47.7 Å². The quantitative estimate of drug-likeness (QED) is 0.673. The maximum atomic E-state index is 4.21. The zero-order valence-corrected chi connectivity index (χ0v) is 10.5. The third-order valence-electron chi connectivity index (χ3n) is 2.53. The van der Waals surface area contributed by atoms with Gasteiger partial charge in [0.2, 0.25) is 0 Å². The monoisotopic (exact) mass is 310 g/mol. The molecule has 3 rings (SSSR count). The smallest absolute Gasteiger partial charge is 0.0939 e. The van der Waals surface area contributed by atoms with Gasteiger partial charge in [0, 0.05) is 11.8 Å². The van der Waals surface area contributed by atoms with Crippen LogP contribution in [0.2, 0.25) is 0 Å². The number of rotatable bonds is 0. The van der Waals surface area contributed by atoms with Gasteiger partial charge in [0.1, 0.15) is 0 Å². The Kier molecular flexibility index (Phi) is 2.90. The molecular weight excluding hydrogens is 299 g/mol. The highest BCUT2D eigenvalue weighted by molar-refractivity contribution is 14.0. The molecular formula is C12H11IN2. The summed E-state index contributed by atoms with van der Waals surface area (Å²) in [5.41, 5.74) is 3.82. The van der Waals surface area contributed by atoms with Crippen LogP contribution in [0.5, 0.6) is 0 Å². The van der Waals surface area contributed by atoms with Crippen molar-refractivity contribution < 1.29 is 0 Å². The first kappa shape index (κ1) is 10.4. The lowest BCUT2D eigenvalue weighted by Gasteiger charge is -2.26. The fourth-order valence-electron chi connectivity index (χ4n) is 1.85. The lowest BCUT2D eigenvalue weighted by atomic mass is 10.0. The molecule has 3 heteroatoms. The summed E-state index contributed by atoms with van der Waals surface area (Å²) in [4.78, 5) is 6.27. The molecule has 15 heavy (non-hydrogen) atoms. The average Bonchev–Trinajstić information content (AvgIpc) is 2.29. The molecule has 1 aromatic rings. The zero-order valence-electron chi connectivity index (χ0n) is 8.13. The number of nitrogens with zero attached hydrogens (tertiary/aromatic N) is 2. The van der Waals surface area contributed by atoms with Gasteiger partial charge in [-0.2, -0.15) is 0 Å². The van der Waals surface area contributed by atoms with E-state index in [1.165, 1.54) is 16.8 Å². The summed E-state index contributed by atoms with van der Waals surface area (Å²) < 4.78 is 0. The molecule has 0 fully saturated rings. The minimum atomic E-state index is 0. The summed E-state index contributed by atoms with van der Waals surface area (Å²) in [7, 11) is 0. The van der Waals surface area contributed by atoms with Gasteiger partial charge in [-0.1, -0.05) is 24.3 Å². The summed E-state index contributed by atoms with van der Waals surface area (Å²) in [6.45, 7) is 0.786. The van der Waals surface area contributed by atoms with Crippen molar-refractivity contribution in [2.75, 3.05) is 6.54 Å². The van der Waals surface area contributed by atoms with E-state index in [1.807, 2.05) is 6.34 Å². The van der Waals surface area contributed by atoms with E-state index in [0.717, 1.165) is 6.54 Å². The number of halogens is 1. The van der Waals surface area contributed by atoms with E-state index in [4.69, 9.17) is 0 Å². The van der Waals surface area contributed by atoms with Crippen LogP contribution in [0.25, 0.3) is 11.8 Å². The van der Waals surface area contributed by atoms with Crippen LogP contribution in [0, 0.1) is 0 Å². The standard InChI is InChI=1S/C12H10N2.HI/c1-2-4-11-10(3-1)6-8-14-9-13-7-5-12(11)14;/h1-6,8-9H,7H2;1H. The number of benzene rings is 1. The van der Waals surface area contributed by atoms with Crippen molar-refractivity contribution in [2.24, 2.45) is 4.99 Å². The van der Waals surface area contributed by atoms with Gasteiger partial charge in [-0.3, -0.25) is 4.99 Å². The number of hydrogen-bond acceptors (Lipinski definition) is 2.